The fourth-order valence-electron chi connectivity index (χ4n) is 1.30. The van der Waals surface area contributed by atoms with Gasteiger partial charge in [0, 0.05) is 21.1 Å². The molecule has 16 heavy (non-hydrogen) atoms. The van der Waals surface area contributed by atoms with Gasteiger partial charge in [0.2, 0.25) is 6.41 Å². The highest BCUT2D eigenvalue weighted by Gasteiger charge is 2.16. The number of rotatable bonds is 4. The van der Waals surface area contributed by atoms with Crippen LogP contribution in [0.15, 0.2) is 9.95 Å². The van der Waals surface area contributed by atoms with Crippen LogP contribution in [0.2, 0.25) is 0 Å². The second-order valence-electron chi connectivity index (χ2n) is 3.13. The van der Waals surface area contributed by atoms with Crippen LogP contribution < -0.4 is 15.8 Å². The Morgan fingerprint density at radius 2 is 2.19 bits per heavy atom. The van der Waals surface area contributed by atoms with E-state index in [1.165, 1.54) is 28.3 Å². The summed E-state index contributed by atoms with van der Waals surface area (Å²) in [5.41, 5.74) is -0.00361. The number of anilines is 2. The van der Waals surface area contributed by atoms with Crippen molar-refractivity contribution in [2.24, 2.45) is 7.05 Å². The number of amides is 1. The van der Waals surface area contributed by atoms with Crippen LogP contribution >= 0.6 is 11.8 Å². The lowest BCUT2D eigenvalue weighted by Gasteiger charge is -2.16. The first-order valence-corrected chi connectivity index (χ1v) is 5.80. The summed E-state index contributed by atoms with van der Waals surface area (Å²) >= 11 is 1.37. The maximum absolute atomic E-state index is 12.0. The Hall–Kier alpha value is -1.50. The second kappa shape index (κ2) is 5.02. The van der Waals surface area contributed by atoms with Crippen molar-refractivity contribution in [1.29, 1.82) is 0 Å². The highest BCUT2D eigenvalue weighted by molar-refractivity contribution is 7.98. The van der Waals surface area contributed by atoms with Crippen LogP contribution in [-0.4, -0.2) is 36.3 Å². The standard InChI is InChI=1S/C9H14N4O2S/c1-10-7-6(12(2)5-14)8(15)13(3)9(11-7)16-4/h5,10H,1-4H3. The molecule has 0 aliphatic rings. The summed E-state index contributed by atoms with van der Waals surface area (Å²) < 4.78 is 1.42. The molecule has 1 aromatic rings. The summed E-state index contributed by atoms with van der Waals surface area (Å²) in [6, 6.07) is 0. The molecule has 0 aromatic carbocycles. The molecule has 1 amide bonds. The van der Waals surface area contributed by atoms with Gasteiger partial charge in [-0.2, -0.15) is 0 Å². The van der Waals surface area contributed by atoms with Gasteiger partial charge in [0.05, 0.1) is 0 Å². The van der Waals surface area contributed by atoms with Gasteiger partial charge in [0.25, 0.3) is 5.56 Å². The average molecular weight is 242 g/mol. The quantitative estimate of drug-likeness (QED) is 0.462. The topological polar surface area (TPSA) is 67.2 Å². The number of hydrogen-bond donors (Lipinski definition) is 1. The molecule has 0 spiro atoms. The van der Waals surface area contributed by atoms with Gasteiger partial charge in [0.1, 0.15) is 0 Å². The average Bonchev–Trinajstić information content (AvgIpc) is 2.31. The van der Waals surface area contributed by atoms with Gasteiger partial charge < -0.3 is 10.2 Å². The molecular weight excluding hydrogens is 228 g/mol. The summed E-state index contributed by atoms with van der Waals surface area (Å²) in [6.45, 7) is 0. The lowest BCUT2D eigenvalue weighted by molar-refractivity contribution is -0.107. The SMILES string of the molecule is CNc1nc(SC)n(C)c(=O)c1N(C)C=O. The monoisotopic (exact) mass is 242 g/mol. The van der Waals surface area contributed by atoms with E-state index in [0.717, 1.165) is 0 Å². The summed E-state index contributed by atoms with van der Waals surface area (Å²) in [5.74, 6) is 0.405. The van der Waals surface area contributed by atoms with Crippen molar-refractivity contribution in [2.75, 3.05) is 30.6 Å². The Kier molecular flexibility index (Phi) is 3.94. The molecular formula is C9H14N4O2S. The maximum Gasteiger partial charge on any atom is 0.280 e. The largest absolute Gasteiger partial charge is 0.371 e. The van der Waals surface area contributed by atoms with Crippen LogP contribution in [0.3, 0.4) is 0 Å². The predicted molar refractivity (Wildman–Crippen MR) is 65.3 cm³/mol. The van der Waals surface area contributed by atoms with Crippen LogP contribution in [0.1, 0.15) is 0 Å². The molecule has 0 unspecified atom stereocenters. The molecule has 88 valence electrons. The molecule has 1 aromatic heterocycles. The Morgan fingerprint density at radius 1 is 1.56 bits per heavy atom. The van der Waals surface area contributed by atoms with Gasteiger partial charge in [-0.25, -0.2) is 4.98 Å². The molecule has 1 N–H and O–H groups in total. The third-order valence-electron chi connectivity index (χ3n) is 2.16. The number of carbonyl (C=O) groups is 1. The maximum atomic E-state index is 12.0. The van der Waals surface area contributed by atoms with Crippen molar-refractivity contribution in [3.05, 3.63) is 10.4 Å². The smallest absolute Gasteiger partial charge is 0.280 e. The van der Waals surface area contributed by atoms with Crippen LogP contribution in [0.25, 0.3) is 0 Å². The fraction of sp³-hybridized carbons (Fsp3) is 0.444. The van der Waals surface area contributed by atoms with Gasteiger partial charge >= 0.3 is 0 Å². The number of nitrogens with one attached hydrogen (secondary N) is 1. The van der Waals surface area contributed by atoms with Crippen molar-refractivity contribution < 1.29 is 4.79 Å². The highest BCUT2D eigenvalue weighted by Crippen LogP contribution is 2.20. The number of thioether (sulfide) groups is 1. The van der Waals surface area contributed by atoms with Gasteiger partial charge in [-0.1, -0.05) is 11.8 Å². The van der Waals surface area contributed by atoms with Crippen molar-refractivity contribution in [3.8, 4) is 0 Å². The molecule has 7 heteroatoms. The minimum absolute atomic E-state index is 0.248. The van der Waals surface area contributed by atoms with Crippen molar-refractivity contribution in [2.45, 2.75) is 5.16 Å². The van der Waals surface area contributed by atoms with Crippen LogP contribution in [0, 0.1) is 0 Å². The number of nitrogens with zero attached hydrogens (tertiary/aromatic N) is 3. The van der Waals surface area contributed by atoms with E-state index in [1.54, 1.807) is 14.1 Å². The minimum atomic E-state index is -0.252. The van der Waals surface area contributed by atoms with E-state index in [9.17, 15) is 9.59 Å². The van der Waals surface area contributed by atoms with E-state index in [-0.39, 0.29) is 11.2 Å². The normalized spacial score (nSPS) is 10.0. The van der Waals surface area contributed by atoms with Crippen molar-refractivity contribution >= 4 is 29.7 Å². The second-order valence-corrected chi connectivity index (χ2v) is 3.90. The van der Waals surface area contributed by atoms with E-state index < -0.39 is 0 Å². The molecule has 0 aliphatic heterocycles. The molecule has 0 saturated carbocycles. The molecule has 0 bridgehead atoms. The minimum Gasteiger partial charge on any atom is -0.371 e. The number of hydrogen-bond acceptors (Lipinski definition) is 5. The van der Waals surface area contributed by atoms with Crippen LogP contribution in [0.4, 0.5) is 11.5 Å². The zero-order valence-corrected chi connectivity index (χ0v) is 10.5. The third kappa shape index (κ3) is 2.04. The van der Waals surface area contributed by atoms with Gasteiger partial charge in [-0.15, -0.1) is 0 Å². The predicted octanol–water partition coefficient (Wildman–Crippen LogP) is 0.136. The zero-order chi connectivity index (χ0) is 12.3. The molecule has 1 heterocycles. The van der Waals surface area contributed by atoms with Gasteiger partial charge in [0.15, 0.2) is 16.7 Å². The summed E-state index contributed by atoms with van der Waals surface area (Å²) in [4.78, 5) is 28.2. The van der Waals surface area contributed by atoms with Crippen LogP contribution in [-0.2, 0) is 11.8 Å². The van der Waals surface area contributed by atoms with Crippen molar-refractivity contribution in [1.82, 2.24) is 9.55 Å². The first kappa shape index (κ1) is 12.6. The Labute approximate surface area is 97.7 Å². The molecule has 0 saturated heterocycles. The molecule has 0 fully saturated rings. The number of aromatic nitrogens is 2. The first-order chi connectivity index (χ1) is 7.56. The van der Waals surface area contributed by atoms with Crippen molar-refractivity contribution in [3.63, 3.8) is 0 Å². The van der Waals surface area contributed by atoms with Gasteiger partial charge in [-0.05, 0) is 6.26 Å². The van der Waals surface area contributed by atoms with E-state index >= 15 is 0 Å². The Balaban J connectivity index is 3.54. The molecule has 1 rings (SSSR count). The summed E-state index contributed by atoms with van der Waals surface area (Å²) in [7, 11) is 4.81. The lowest BCUT2D eigenvalue weighted by atomic mass is 10.4. The van der Waals surface area contributed by atoms with E-state index in [4.69, 9.17) is 0 Å². The summed E-state index contributed by atoms with van der Waals surface area (Å²) in [6.07, 6.45) is 2.42. The fourth-order valence-corrected chi connectivity index (χ4v) is 1.84. The molecule has 0 aliphatic carbocycles. The van der Waals surface area contributed by atoms with E-state index in [1.807, 2.05) is 6.26 Å². The van der Waals surface area contributed by atoms with Crippen LogP contribution in [0.5, 0.6) is 0 Å². The van der Waals surface area contributed by atoms with Gasteiger partial charge in [-0.3, -0.25) is 14.2 Å². The number of carbonyl (C=O) groups excluding carboxylic acids is 1. The molecule has 6 nitrogen and oxygen atoms in total. The Morgan fingerprint density at radius 3 is 2.62 bits per heavy atom. The third-order valence-corrected chi connectivity index (χ3v) is 2.89. The lowest BCUT2D eigenvalue weighted by Crippen LogP contribution is -2.30. The van der Waals surface area contributed by atoms with E-state index in [2.05, 4.69) is 10.3 Å². The first-order valence-electron chi connectivity index (χ1n) is 4.57. The zero-order valence-electron chi connectivity index (χ0n) is 9.64. The Bertz CT molecular complexity index is 458. The molecule has 0 atom stereocenters. The summed E-state index contributed by atoms with van der Waals surface area (Å²) in [5, 5.41) is 3.41. The molecule has 0 radical (unpaired) electrons. The van der Waals surface area contributed by atoms with E-state index in [0.29, 0.717) is 17.4 Å². The highest BCUT2D eigenvalue weighted by atomic mass is 32.2.